The van der Waals surface area contributed by atoms with Crippen LogP contribution in [0.4, 0.5) is 5.69 Å². The Kier molecular flexibility index (Phi) is 8.35. The van der Waals surface area contributed by atoms with Gasteiger partial charge < -0.3 is 5.32 Å². The summed E-state index contributed by atoms with van der Waals surface area (Å²) in [5.74, 6) is -1.02. The highest BCUT2D eigenvalue weighted by Crippen LogP contribution is 2.17. The fourth-order valence-electron chi connectivity index (χ4n) is 3.92. The Bertz CT molecular complexity index is 1530. The number of amides is 2. The molecule has 0 saturated carbocycles. The lowest BCUT2D eigenvalue weighted by molar-refractivity contribution is -0.122. The van der Waals surface area contributed by atoms with Gasteiger partial charge in [0, 0.05) is 11.2 Å². The van der Waals surface area contributed by atoms with E-state index in [1.807, 2.05) is 20.8 Å². The van der Waals surface area contributed by atoms with Crippen molar-refractivity contribution in [3.63, 3.8) is 0 Å². The molecule has 3 rings (SSSR count). The van der Waals surface area contributed by atoms with E-state index < -0.39 is 27.0 Å². The van der Waals surface area contributed by atoms with Crippen LogP contribution >= 0.6 is 0 Å². The van der Waals surface area contributed by atoms with Crippen molar-refractivity contribution in [1.29, 1.82) is 0 Å². The molecule has 0 aliphatic rings. The Hall–Kier alpha value is -4.06. The Morgan fingerprint density at radius 3 is 2.29 bits per heavy atom. The number of nitrogens with zero attached hydrogens (tertiary/aromatic N) is 4. The second kappa shape index (κ2) is 11.1. The summed E-state index contributed by atoms with van der Waals surface area (Å²) in [4.78, 5) is 46.6. The standard InChI is InChI=1S/C26H32N6O5S/c1-17-12-13-20(30-38(36,37)16-19-10-8-7-9-11-19)25(35)31(17)32-21(14-23(33)27-6)18(2)28-22(32)15-24(34)29-26(3,4)5/h7-13,30H,6,14-16H2,1-5H3,(H,29,34). The molecule has 0 radical (unpaired) electrons. The van der Waals surface area contributed by atoms with Crippen molar-refractivity contribution in [1.82, 2.24) is 19.7 Å². The molecule has 1 aromatic carbocycles. The molecule has 2 aromatic heterocycles. The molecular weight excluding hydrogens is 508 g/mol. The minimum absolute atomic E-state index is 0.191. The Labute approximate surface area is 221 Å². The van der Waals surface area contributed by atoms with Crippen LogP contribution in [0.5, 0.6) is 0 Å². The van der Waals surface area contributed by atoms with Crippen molar-refractivity contribution in [3.8, 4) is 0 Å². The molecule has 2 heterocycles. The zero-order valence-electron chi connectivity index (χ0n) is 22.1. The van der Waals surface area contributed by atoms with Gasteiger partial charge in [-0.2, -0.15) is 0 Å². The Morgan fingerprint density at radius 1 is 1.03 bits per heavy atom. The topological polar surface area (TPSA) is 145 Å². The third-order valence-corrected chi connectivity index (χ3v) is 6.70. The molecule has 0 unspecified atom stereocenters. The number of anilines is 1. The third kappa shape index (κ3) is 7.03. The molecule has 0 aliphatic heterocycles. The van der Waals surface area contributed by atoms with Gasteiger partial charge in [-0.3, -0.25) is 19.1 Å². The van der Waals surface area contributed by atoms with Gasteiger partial charge in [0.15, 0.2) is 0 Å². The minimum Gasteiger partial charge on any atom is -0.351 e. The number of aryl methyl sites for hydroxylation is 2. The van der Waals surface area contributed by atoms with Crippen LogP contribution in [0.25, 0.3) is 0 Å². The van der Waals surface area contributed by atoms with Crippen molar-refractivity contribution in [2.75, 3.05) is 4.72 Å². The summed E-state index contributed by atoms with van der Waals surface area (Å²) in [6.45, 7) is 12.1. The van der Waals surface area contributed by atoms with Gasteiger partial charge in [0.1, 0.15) is 11.5 Å². The van der Waals surface area contributed by atoms with Crippen molar-refractivity contribution >= 4 is 34.2 Å². The Morgan fingerprint density at radius 2 is 1.68 bits per heavy atom. The van der Waals surface area contributed by atoms with Crippen LogP contribution < -0.4 is 15.6 Å². The van der Waals surface area contributed by atoms with E-state index in [1.54, 1.807) is 50.2 Å². The van der Waals surface area contributed by atoms with E-state index in [0.29, 0.717) is 22.6 Å². The van der Waals surface area contributed by atoms with Crippen LogP contribution in [0, 0.1) is 13.8 Å². The van der Waals surface area contributed by atoms with Crippen LogP contribution in [-0.2, 0) is 38.2 Å². The molecular formula is C26H32N6O5S. The maximum Gasteiger partial charge on any atom is 0.294 e. The molecule has 3 aromatic rings. The molecule has 2 amide bonds. The van der Waals surface area contributed by atoms with Gasteiger partial charge in [-0.15, -0.1) is 0 Å². The first-order valence-electron chi connectivity index (χ1n) is 11.9. The second-order valence-corrected chi connectivity index (χ2v) is 11.6. The molecule has 0 atom stereocenters. The first kappa shape index (κ1) is 28.5. The first-order chi connectivity index (χ1) is 17.7. The second-order valence-electron chi connectivity index (χ2n) is 9.93. The number of carbonyl (C=O) groups excluding carboxylic acids is 2. The average Bonchev–Trinajstić information content (AvgIpc) is 3.09. The number of hydrogen-bond acceptors (Lipinski definition) is 6. The van der Waals surface area contributed by atoms with Crippen LogP contribution in [0.1, 0.15) is 49.2 Å². The zero-order chi connectivity index (χ0) is 28.3. The summed E-state index contributed by atoms with van der Waals surface area (Å²) in [6.07, 6.45) is -0.414. The molecule has 11 nitrogen and oxygen atoms in total. The van der Waals surface area contributed by atoms with Gasteiger partial charge in [-0.05, 0) is 59.0 Å². The van der Waals surface area contributed by atoms with E-state index in [-0.39, 0.29) is 36.0 Å². The largest absolute Gasteiger partial charge is 0.351 e. The number of sulfonamides is 1. The van der Waals surface area contributed by atoms with E-state index in [2.05, 4.69) is 26.7 Å². The maximum absolute atomic E-state index is 13.7. The van der Waals surface area contributed by atoms with Gasteiger partial charge in [-0.1, -0.05) is 30.3 Å². The molecule has 0 fully saturated rings. The lowest BCUT2D eigenvalue weighted by atomic mass is 10.1. The zero-order valence-corrected chi connectivity index (χ0v) is 22.9. The molecule has 2 N–H and O–H groups in total. The molecule has 0 saturated heterocycles. The van der Waals surface area contributed by atoms with E-state index >= 15 is 0 Å². The summed E-state index contributed by atoms with van der Waals surface area (Å²) >= 11 is 0. The molecule has 0 spiro atoms. The summed E-state index contributed by atoms with van der Waals surface area (Å²) < 4.78 is 30.7. The van der Waals surface area contributed by atoms with Gasteiger partial charge in [0.05, 0.1) is 30.0 Å². The van der Waals surface area contributed by atoms with Gasteiger partial charge >= 0.3 is 0 Å². The van der Waals surface area contributed by atoms with Gasteiger partial charge in [0.2, 0.25) is 15.9 Å². The van der Waals surface area contributed by atoms with E-state index in [4.69, 9.17) is 0 Å². The maximum atomic E-state index is 13.7. The number of benzene rings is 1. The number of carbonyl (C=O) groups is 2. The van der Waals surface area contributed by atoms with Crippen LogP contribution in [0.3, 0.4) is 0 Å². The highest BCUT2D eigenvalue weighted by Gasteiger charge is 2.25. The number of nitrogens with one attached hydrogen (secondary N) is 2. The highest BCUT2D eigenvalue weighted by molar-refractivity contribution is 7.91. The average molecular weight is 541 g/mol. The minimum atomic E-state index is -3.93. The number of rotatable bonds is 9. The number of pyridine rings is 1. The Balaban J connectivity index is 2.12. The molecule has 12 heteroatoms. The summed E-state index contributed by atoms with van der Waals surface area (Å²) in [5.41, 5.74) is 0.341. The predicted octanol–water partition coefficient (Wildman–Crippen LogP) is 2.14. The fraction of sp³-hybridized carbons (Fsp3) is 0.346. The highest BCUT2D eigenvalue weighted by atomic mass is 32.2. The quantitative estimate of drug-likeness (QED) is 0.398. The summed E-state index contributed by atoms with van der Waals surface area (Å²) in [6, 6.07) is 11.5. The van der Waals surface area contributed by atoms with Crippen molar-refractivity contribution in [2.45, 2.75) is 58.8 Å². The fourth-order valence-corrected chi connectivity index (χ4v) is 5.11. The lowest BCUT2D eigenvalue weighted by Gasteiger charge is -2.21. The van der Waals surface area contributed by atoms with Gasteiger partial charge in [-0.25, -0.2) is 27.7 Å². The van der Waals surface area contributed by atoms with E-state index in [1.165, 1.54) is 15.4 Å². The normalized spacial score (nSPS) is 11.7. The number of aromatic nitrogens is 3. The summed E-state index contributed by atoms with van der Waals surface area (Å²) in [7, 11) is -3.93. The van der Waals surface area contributed by atoms with E-state index in [0.717, 1.165) is 0 Å². The number of aliphatic imine (C=N–C) groups is 1. The van der Waals surface area contributed by atoms with Crippen molar-refractivity contribution in [3.05, 3.63) is 81.3 Å². The first-order valence-corrected chi connectivity index (χ1v) is 13.5. The summed E-state index contributed by atoms with van der Waals surface area (Å²) in [5, 5.41) is 2.86. The van der Waals surface area contributed by atoms with E-state index in [9.17, 15) is 22.8 Å². The number of imidazole rings is 1. The number of hydrogen-bond donors (Lipinski definition) is 2. The monoisotopic (exact) mass is 540 g/mol. The molecule has 202 valence electrons. The van der Waals surface area contributed by atoms with Crippen LogP contribution in [-0.4, -0.2) is 46.8 Å². The lowest BCUT2D eigenvalue weighted by Crippen LogP contribution is -2.42. The third-order valence-electron chi connectivity index (χ3n) is 5.46. The molecule has 0 bridgehead atoms. The van der Waals surface area contributed by atoms with Crippen molar-refractivity contribution in [2.24, 2.45) is 4.99 Å². The molecule has 38 heavy (non-hydrogen) atoms. The molecule has 0 aliphatic carbocycles. The van der Waals surface area contributed by atoms with Crippen molar-refractivity contribution < 1.29 is 18.0 Å². The SMILES string of the molecule is C=NC(=O)Cc1c(C)nc(CC(=O)NC(C)(C)C)n1-n1c(C)ccc(NS(=O)(=O)Cc2ccccc2)c1=O. The van der Waals surface area contributed by atoms with Crippen LogP contribution in [0.2, 0.25) is 0 Å². The smallest absolute Gasteiger partial charge is 0.294 e. The van der Waals surface area contributed by atoms with Crippen LogP contribution in [0.15, 0.2) is 52.3 Å². The predicted molar refractivity (Wildman–Crippen MR) is 146 cm³/mol. The van der Waals surface area contributed by atoms with Gasteiger partial charge in [0.25, 0.3) is 11.5 Å².